The summed E-state index contributed by atoms with van der Waals surface area (Å²) in [4.78, 5) is 16.2. The van der Waals surface area contributed by atoms with E-state index >= 15 is 0 Å². The second kappa shape index (κ2) is 8.98. The van der Waals surface area contributed by atoms with Crippen LogP contribution in [0, 0.1) is 0 Å². The van der Waals surface area contributed by atoms with Crippen molar-refractivity contribution >= 4 is 5.91 Å². The molecule has 0 saturated carbocycles. The summed E-state index contributed by atoms with van der Waals surface area (Å²) < 4.78 is 48.8. The van der Waals surface area contributed by atoms with Crippen molar-refractivity contribution in [2.24, 2.45) is 0 Å². The predicted molar refractivity (Wildman–Crippen MR) is 103 cm³/mol. The van der Waals surface area contributed by atoms with Gasteiger partial charge in [0.15, 0.2) is 12.4 Å². The second-order valence-corrected chi connectivity index (χ2v) is 6.90. The highest BCUT2D eigenvalue weighted by Crippen LogP contribution is 2.29. The Hall–Kier alpha value is -3.36. The smallest absolute Gasteiger partial charge is 0.416 e. The predicted octanol–water partition coefficient (Wildman–Crippen LogP) is 4.57. The number of amides is 1. The molecule has 158 valence electrons. The summed E-state index contributed by atoms with van der Waals surface area (Å²) >= 11 is 0. The van der Waals surface area contributed by atoms with E-state index in [0.29, 0.717) is 23.0 Å². The van der Waals surface area contributed by atoms with Gasteiger partial charge in [-0.1, -0.05) is 31.1 Å². The number of benzene rings is 2. The first-order chi connectivity index (χ1) is 14.2. The number of carbonyl (C=O) groups excluding carboxylic acids is 1. The largest absolute Gasteiger partial charge is 0.484 e. The minimum Gasteiger partial charge on any atom is -0.484 e. The molecule has 0 aliphatic carbocycles. The fourth-order valence-electron chi connectivity index (χ4n) is 2.54. The Balaban J connectivity index is 1.50. The zero-order valence-electron chi connectivity index (χ0n) is 16.4. The molecule has 0 fully saturated rings. The van der Waals surface area contributed by atoms with E-state index in [1.807, 2.05) is 13.8 Å². The van der Waals surface area contributed by atoms with Crippen molar-refractivity contribution in [1.82, 2.24) is 15.5 Å². The number of carbonyl (C=O) groups is 1. The van der Waals surface area contributed by atoms with Crippen LogP contribution in [0.3, 0.4) is 0 Å². The van der Waals surface area contributed by atoms with E-state index in [1.165, 1.54) is 12.1 Å². The zero-order chi connectivity index (χ0) is 21.7. The Morgan fingerprint density at radius 3 is 2.53 bits per heavy atom. The number of hydrogen-bond donors (Lipinski definition) is 1. The van der Waals surface area contributed by atoms with Gasteiger partial charge in [-0.25, -0.2) is 0 Å². The molecule has 1 N–H and O–H groups in total. The van der Waals surface area contributed by atoms with E-state index < -0.39 is 17.6 Å². The molecule has 0 aliphatic heterocycles. The van der Waals surface area contributed by atoms with E-state index in [-0.39, 0.29) is 19.1 Å². The summed E-state index contributed by atoms with van der Waals surface area (Å²) in [5.41, 5.74) is 0.311. The third-order valence-electron chi connectivity index (χ3n) is 4.17. The lowest BCUT2D eigenvalue weighted by molar-refractivity contribution is -0.137. The Labute approximate surface area is 171 Å². The molecule has 0 aliphatic rings. The number of nitrogens with one attached hydrogen (secondary N) is 1. The van der Waals surface area contributed by atoms with Gasteiger partial charge < -0.3 is 14.6 Å². The molecule has 0 radical (unpaired) electrons. The van der Waals surface area contributed by atoms with Crippen molar-refractivity contribution in [1.29, 1.82) is 0 Å². The van der Waals surface area contributed by atoms with Crippen LogP contribution in [0.5, 0.6) is 5.75 Å². The molecule has 3 rings (SSSR count). The van der Waals surface area contributed by atoms with Crippen molar-refractivity contribution in [2.45, 2.75) is 32.5 Å². The minimum atomic E-state index is -4.42. The Bertz CT molecular complexity index is 998. The van der Waals surface area contributed by atoms with Gasteiger partial charge in [-0.05, 0) is 42.0 Å². The molecular formula is C21H20F3N3O3. The van der Waals surface area contributed by atoms with Crippen LogP contribution >= 0.6 is 0 Å². The summed E-state index contributed by atoms with van der Waals surface area (Å²) in [6.45, 7) is 3.63. The van der Waals surface area contributed by atoms with Crippen LogP contribution in [0.1, 0.15) is 36.7 Å². The van der Waals surface area contributed by atoms with Gasteiger partial charge in [-0.15, -0.1) is 0 Å². The van der Waals surface area contributed by atoms with E-state index in [9.17, 15) is 18.0 Å². The van der Waals surface area contributed by atoms with Crippen molar-refractivity contribution in [3.05, 3.63) is 65.5 Å². The Morgan fingerprint density at radius 2 is 1.90 bits per heavy atom. The maximum atomic E-state index is 12.7. The van der Waals surface area contributed by atoms with Crippen molar-refractivity contribution in [2.75, 3.05) is 6.61 Å². The van der Waals surface area contributed by atoms with Crippen molar-refractivity contribution < 1.29 is 27.2 Å². The van der Waals surface area contributed by atoms with Crippen molar-refractivity contribution in [3.8, 4) is 17.2 Å². The molecule has 0 bridgehead atoms. The lowest BCUT2D eigenvalue weighted by atomic mass is 10.1. The van der Waals surface area contributed by atoms with Crippen LogP contribution in [0.2, 0.25) is 0 Å². The van der Waals surface area contributed by atoms with E-state index in [1.54, 1.807) is 24.3 Å². The molecule has 1 amide bonds. The number of rotatable bonds is 7. The van der Waals surface area contributed by atoms with Gasteiger partial charge in [0.05, 0.1) is 5.56 Å². The summed E-state index contributed by atoms with van der Waals surface area (Å²) in [7, 11) is 0. The van der Waals surface area contributed by atoms with E-state index in [4.69, 9.17) is 9.26 Å². The number of nitrogens with zero attached hydrogens (tertiary/aromatic N) is 2. The van der Waals surface area contributed by atoms with Crippen LogP contribution in [-0.4, -0.2) is 22.7 Å². The fourth-order valence-corrected chi connectivity index (χ4v) is 2.54. The van der Waals surface area contributed by atoms with Crippen LogP contribution in [-0.2, 0) is 17.5 Å². The molecule has 1 aromatic heterocycles. The molecule has 30 heavy (non-hydrogen) atoms. The van der Waals surface area contributed by atoms with Gasteiger partial charge in [-0.3, -0.25) is 4.79 Å². The highest BCUT2D eigenvalue weighted by atomic mass is 19.4. The van der Waals surface area contributed by atoms with Gasteiger partial charge in [0.1, 0.15) is 5.75 Å². The third kappa shape index (κ3) is 5.59. The number of ether oxygens (including phenoxy) is 1. The Morgan fingerprint density at radius 1 is 1.17 bits per heavy atom. The standard InChI is InChI=1S/C21H20F3N3O3/c1-13(2)19-26-20(30-27-19)15-6-8-17(9-7-15)29-12-18(28)25-11-14-4-3-5-16(10-14)21(22,23)24/h3-10,13H,11-12H2,1-2H3,(H,25,28). The fraction of sp³-hybridized carbons (Fsp3) is 0.286. The summed E-state index contributed by atoms with van der Waals surface area (Å²) in [5.74, 6) is 1.16. The molecule has 0 atom stereocenters. The minimum absolute atomic E-state index is 0.0274. The normalized spacial score (nSPS) is 11.5. The molecule has 0 saturated heterocycles. The lowest BCUT2D eigenvalue weighted by Gasteiger charge is -2.10. The molecule has 6 nitrogen and oxygen atoms in total. The molecule has 2 aromatic carbocycles. The lowest BCUT2D eigenvalue weighted by Crippen LogP contribution is -2.28. The summed E-state index contributed by atoms with van der Waals surface area (Å²) in [5, 5.41) is 6.44. The average molecular weight is 419 g/mol. The maximum absolute atomic E-state index is 12.7. The first-order valence-electron chi connectivity index (χ1n) is 9.22. The monoisotopic (exact) mass is 419 g/mol. The SMILES string of the molecule is CC(C)c1noc(-c2ccc(OCC(=O)NCc3cccc(C(F)(F)F)c3)cc2)n1. The molecule has 1 heterocycles. The summed E-state index contributed by atoms with van der Waals surface area (Å²) in [6.07, 6.45) is -4.42. The topological polar surface area (TPSA) is 77.2 Å². The molecule has 0 unspecified atom stereocenters. The molecular weight excluding hydrogens is 399 g/mol. The molecule has 9 heteroatoms. The highest BCUT2D eigenvalue weighted by Gasteiger charge is 2.30. The number of halogens is 3. The van der Waals surface area contributed by atoms with E-state index in [0.717, 1.165) is 17.7 Å². The van der Waals surface area contributed by atoms with Gasteiger partial charge in [0, 0.05) is 18.0 Å². The van der Waals surface area contributed by atoms with Crippen LogP contribution in [0.15, 0.2) is 53.1 Å². The molecule has 3 aromatic rings. The quantitative estimate of drug-likeness (QED) is 0.607. The second-order valence-electron chi connectivity index (χ2n) is 6.90. The molecule has 0 spiro atoms. The number of alkyl halides is 3. The van der Waals surface area contributed by atoms with Gasteiger partial charge in [0.25, 0.3) is 11.8 Å². The third-order valence-corrected chi connectivity index (χ3v) is 4.17. The average Bonchev–Trinajstić information content (AvgIpc) is 3.21. The van der Waals surface area contributed by atoms with Crippen molar-refractivity contribution in [3.63, 3.8) is 0 Å². The van der Waals surface area contributed by atoms with Crippen LogP contribution in [0.25, 0.3) is 11.5 Å². The van der Waals surface area contributed by atoms with E-state index in [2.05, 4.69) is 15.5 Å². The first-order valence-corrected chi connectivity index (χ1v) is 9.22. The number of aromatic nitrogens is 2. The van der Waals surface area contributed by atoms with Crippen LogP contribution < -0.4 is 10.1 Å². The highest BCUT2D eigenvalue weighted by molar-refractivity contribution is 5.77. The van der Waals surface area contributed by atoms with Crippen LogP contribution in [0.4, 0.5) is 13.2 Å². The number of hydrogen-bond acceptors (Lipinski definition) is 5. The zero-order valence-corrected chi connectivity index (χ0v) is 16.4. The van der Waals surface area contributed by atoms with Gasteiger partial charge in [0.2, 0.25) is 0 Å². The van der Waals surface area contributed by atoms with Gasteiger partial charge in [-0.2, -0.15) is 18.2 Å². The maximum Gasteiger partial charge on any atom is 0.416 e. The van der Waals surface area contributed by atoms with Gasteiger partial charge >= 0.3 is 6.18 Å². The summed E-state index contributed by atoms with van der Waals surface area (Å²) in [6, 6.07) is 11.6. The first kappa shape index (κ1) is 21.4. The Kier molecular flexibility index (Phi) is 6.39.